The number of aliphatic hydroxyl groups is 1. The van der Waals surface area contributed by atoms with Gasteiger partial charge in [-0.2, -0.15) is 0 Å². The largest absolute Gasteiger partial charge is 0.493 e. The molecule has 4 heteroatoms. The van der Waals surface area contributed by atoms with Crippen LogP contribution >= 0.6 is 11.6 Å². The first-order chi connectivity index (χ1) is 10.2. The molecule has 0 heterocycles. The summed E-state index contributed by atoms with van der Waals surface area (Å²) in [5.41, 5.74) is 0.730. The van der Waals surface area contributed by atoms with Gasteiger partial charge in [0.15, 0.2) is 0 Å². The van der Waals surface area contributed by atoms with Gasteiger partial charge in [0, 0.05) is 10.6 Å². The van der Waals surface area contributed by atoms with Gasteiger partial charge in [-0.15, -0.1) is 0 Å². The first kappa shape index (κ1) is 15.7. The molecule has 0 aromatic heterocycles. The fourth-order valence-corrected chi connectivity index (χ4v) is 2.10. The molecule has 2 aromatic rings. The lowest BCUT2D eigenvalue weighted by Gasteiger charge is -2.16. The van der Waals surface area contributed by atoms with Crippen molar-refractivity contribution < 1.29 is 14.6 Å². The average molecular weight is 307 g/mol. The van der Waals surface area contributed by atoms with E-state index in [1.54, 1.807) is 18.2 Å². The second-order valence-corrected chi connectivity index (χ2v) is 5.11. The smallest absolute Gasteiger partial charge is 0.125 e. The molecule has 0 saturated heterocycles. The van der Waals surface area contributed by atoms with E-state index in [4.69, 9.17) is 21.1 Å². The lowest BCUT2D eigenvalue weighted by atomic mass is 10.1. The van der Waals surface area contributed by atoms with Crippen LogP contribution in [-0.2, 0) is 0 Å². The molecule has 0 fully saturated rings. The maximum absolute atomic E-state index is 10.3. The van der Waals surface area contributed by atoms with Crippen LogP contribution < -0.4 is 9.47 Å². The number of rotatable bonds is 7. The molecular formula is C17H19ClO3. The van der Waals surface area contributed by atoms with Crippen LogP contribution in [0.2, 0.25) is 5.02 Å². The Kier molecular flexibility index (Phi) is 5.90. The molecule has 21 heavy (non-hydrogen) atoms. The fourth-order valence-electron chi connectivity index (χ4n) is 1.92. The van der Waals surface area contributed by atoms with Crippen molar-refractivity contribution in [3.63, 3.8) is 0 Å². The predicted molar refractivity (Wildman–Crippen MR) is 84.1 cm³/mol. The zero-order valence-electron chi connectivity index (χ0n) is 12.0. The molecule has 2 aromatic carbocycles. The number of aliphatic hydroxyl groups excluding tert-OH is 1. The van der Waals surface area contributed by atoms with Crippen LogP contribution in [0.15, 0.2) is 48.5 Å². The normalized spacial score (nSPS) is 12.0. The van der Waals surface area contributed by atoms with Gasteiger partial charge in [-0.25, -0.2) is 0 Å². The van der Waals surface area contributed by atoms with Crippen LogP contribution in [0.1, 0.15) is 25.0 Å². The number of halogens is 1. The van der Waals surface area contributed by atoms with Crippen molar-refractivity contribution in [2.75, 3.05) is 13.2 Å². The zero-order valence-corrected chi connectivity index (χ0v) is 12.7. The molecule has 3 nitrogen and oxygen atoms in total. The van der Waals surface area contributed by atoms with Crippen LogP contribution in [0.25, 0.3) is 0 Å². The summed E-state index contributed by atoms with van der Waals surface area (Å²) in [7, 11) is 0. The Bertz CT molecular complexity index is 571. The molecule has 0 bridgehead atoms. The highest BCUT2D eigenvalue weighted by Crippen LogP contribution is 2.26. The van der Waals surface area contributed by atoms with Crippen molar-refractivity contribution in [2.45, 2.75) is 19.4 Å². The average Bonchev–Trinajstić information content (AvgIpc) is 2.51. The van der Waals surface area contributed by atoms with Crippen LogP contribution in [-0.4, -0.2) is 18.3 Å². The molecule has 1 N–H and O–H groups in total. The SMILES string of the molecule is CCCOc1ccccc1C(O)COc1cccc(Cl)c1. The van der Waals surface area contributed by atoms with Crippen LogP contribution in [0.4, 0.5) is 0 Å². The van der Waals surface area contributed by atoms with Gasteiger partial charge in [0.1, 0.15) is 24.2 Å². The quantitative estimate of drug-likeness (QED) is 0.831. The molecule has 0 saturated carbocycles. The third-order valence-electron chi connectivity index (χ3n) is 2.94. The number of para-hydroxylation sites is 1. The Balaban J connectivity index is 2.01. The molecule has 0 spiro atoms. The summed E-state index contributed by atoms with van der Waals surface area (Å²) in [6, 6.07) is 14.6. The van der Waals surface area contributed by atoms with Gasteiger partial charge in [-0.1, -0.05) is 42.8 Å². The third-order valence-corrected chi connectivity index (χ3v) is 3.18. The van der Waals surface area contributed by atoms with Gasteiger partial charge in [0.05, 0.1) is 6.61 Å². The summed E-state index contributed by atoms with van der Waals surface area (Å²) in [4.78, 5) is 0. The summed E-state index contributed by atoms with van der Waals surface area (Å²) in [5, 5.41) is 10.9. The number of hydrogen-bond acceptors (Lipinski definition) is 3. The lowest BCUT2D eigenvalue weighted by molar-refractivity contribution is 0.105. The third kappa shape index (κ3) is 4.66. The van der Waals surface area contributed by atoms with Gasteiger partial charge in [-0.3, -0.25) is 0 Å². The topological polar surface area (TPSA) is 38.7 Å². The zero-order chi connectivity index (χ0) is 15.1. The van der Waals surface area contributed by atoms with E-state index in [-0.39, 0.29) is 6.61 Å². The van der Waals surface area contributed by atoms with Crippen molar-refractivity contribution in [1.29, 1.82) is 0 Å². The van der Waals surface area contributed by atoms with Crippen molar-refractivity contribution in [1.82, 2.24) is 0 Å². The van der Waals surface area contributed by atoms with E-state index in [1.807, 2.05) is 37.3 Å². The molecule has 2 rings (SSSR count). The molecular weight excluding hydrogens is 288 g/mol. The van der Waals surface area contributed by atoms with E-state index in [0.29, 0.717) is 23.1 Å². The predicted octanol–water partition coefficient (Wildman–Crippen LogP) is 4.24. The van der Waals surface area contributed by atoms with Gasteiger partial charge >= 0.3 is 0 Å². The minimum absolute atomic E-state index is 0.146. The Morgan fingerprint density at radius 2 is 1.90 bits per heavy atom. The van der Waals surface area contributed by atoms with E-state index < -0.39 is 6.10 Å². The highest BCUT2D eigenvalue weighted by molar-refractivity contribution is 6.30. The molecule has 112 valence electrons. The van der Waals surface area contributed by atoms with Crippen LogP contribution in [0.3, 0.4) is 0 Å². The summed E-state index contributed by atoms with van der Waals surface area (Å²) in [6.45, 7) is 2.81. The summed E-state index contributed by atoms with van der Waals surface area (Å²) in [5.74, 6) is 1.33. The molecule has 0 amide bonds. The van der Waals surface area contributed by atoms with Gasteiger partial charge in [0.2, 0.25) is 0 Å². The highest BCUT2D eigenvalue weighted by atomic mass is 35.5. The molecule has 0 radical (unpaired) electrons. The van der Waals surface area contributed by atoms with Crippen molar-refractivity contribution >= 4 is 11.6 Å². The number of benzene rings is 2. The Morgan fingerprint density at radius 3 is 2.67 bits per heavy atom. The Morgan fingerprint density at radius 1 is 1.10 bits per heavy atom. The minimum atomic E-state index is -0.753. The van der Waals surface area contributed by atoms with Crippen molar-refractivity contribution in [3.8, 4) is 11.5 Å². The Hall–Kier alpha value is -1.71. The van der Waals surface area contributed by atoms with Crippen molar-refractivity contribution in [3.05, 3.63) is 59.1 Å². The van der Waals surface area contributed by atoms with Crippen LogP contribution in [0, 0.1) is 0 Å². The first-order valence-electron chi connectivity index (χ1n) is 6.99. The van der Waals surface area contributed by atoms with Crippen molar-refractivity contribution in [2.24, 2.45) is 0 Å². The maximum Gasteiger partial charge on any atom is 0.125 e. The van der Waals surface area contributed by atoms with Gasteiger partial charge in [0.25, 0.3) is 0 Å². The summed E-state index contributed by atoms with van der Waals surface area (Å²) < 4.78 is 11.2. The Labute approximate surface area is 130 Å². The molecule has 0 aliphatic heterocycles. The lowest BCUT2D eigenvalue weighted by Crippen LogP contribution is -2.11. The first-order valence-corrected chi connectivity index (χ1v) is 7.36. The van der Waals surface area contributed by atoms with E-state index in [2.05, 4.69) is 0 Å². The highest BCUT2D eigenvalue weighted by Gasteiger charge is 2.14. The maximum atomic E-state index is 10.3. The summed E-state index contributed by atoms with van der Waals surface area (Å²) >= 11 is 5.90. The molecule has 1 atom stereocenters. The van der Waals surface area contributed by atoms with E-state index in [1.165, 1.54) is 0 Å². The second-order valence-electron chi connectivity index (χ2n) is 4.67. The number of ether oxygens (including phenoxy) is 2. The molecule has 0 aliphatic carbocycles. The fraction of sp³-hybridized carbons (Fsp3) is 0.294. The minimum Gasteiger partial charge on any atom is -0.493 e. The summed E-state index contributed by atoms with van der Waals surface area (Å²) in [6.07, 6.45) is 0.167. The van der Waals surface area contributed by atoms with E-state index >= 15 is 0 Å². The standard InChI is InChI=1S/C17H19ClO3/c1-2-10-20-17-9-4-3-8-15(17)16(19)12-21-14-7-5-6-13(18)11-14/h3-9,11,16,19H,2,10,12H2,1H3. The molecule has 1 unspecified atom stereocenters. The van der Waals surface area contributed by atoms with Crippen LogP contribution in [0.5, 0.6) is 11.5 Å². The van der Waals surface area contributed by atoms with E-state index in [9.17, 15) is 5.11 Å². The number of hydrogen-bond donors (Lipinski definition) is 1. The van der Waals surface area contributed by atoms with E-state index in [0.717, 1.165) is 12.0 Å². The second kappa shape index (κ2) is 7.91. The van der Waals surface area contributed by atoms with Gasteiger partial charge < -0.3 is 14.6 Å². The monoisotopic (exact) mass is 306 g/mol. The van der Waals surface area contributed by atoms with Gasteiger partial charge in [-0.05, 0) is 30.7 Å². The molecule has 0 aliphatic rings.